The van der Waals surface area contributed by atoms with Crippen LogP contribution in [0.4, 0.5) is 0 Å². The second kappa shape index (κ2) is 7.56. The minimum Gasteiger partial charge on any atom is -0.494 e. The fraction of sp³-hybridized carbons (Fsp3) is 0.467. The molecule has 0 amide bonds. The summed E-state index contributed by atoms with van der Waals surface area (Å²) in [6, 6.07) is 5.70. The summed E-state index contributed by atoms with van der Waals surface area (Å²) in [5, 5.41) is 0. The molecule has 4 heteroatoms. The summed E-state index contributed by atoms with van der Waals surface area (Å²) in [7, 11) is 0. The smallest absolute Gasteiger partial charge is 0.313 e. The Morgan fingerprint density at radius 1 is 1.16 bits per heavy atom. The average Bonchev–Trinajstić information content (AvgIpc) is 2.32. The Morgan fingerprint density at radius 2 is 1.89 bits per heavy atom. The van der Waals surface area contributed by atoms with Gasteiger partial charge < -0.3 is 9.47 Å². The van der Waals surface area contributed by atoms with Crippen molar-refractivity contribution in [2.75, 3.05) is 13.2 Å². The van der Waals surface area contributed by atoms with E-state index in [-0.39, 0.29) is 18.6 Å². The van der Waals surface area contributed by atoms with Crippen LogP contribution >= 0.6 is 0 Å². The lowest BCUT2D eigenvalue weighted by molar-refractivity contribution is -0.145. The number of carbonyl (C=O) groups excluding carboxylic acids is 2. The third kappa shape index (κ3) is 5.12. The van der Waals surface area contributed by atoms with Gasteiger partial charge >= 0.3 is 5.97 Å². The van der Waals surface area contributed by atoms with Crippen molar-refractivity contribution in [1.82, 2.24) is 0 Å². The van der Waals surface area contributed by atoms with E-state index in [1.54, 1.807) is 6.92 Å². The highest BCUT2D eigenvalue weighted by Crippen LogP contribution is 2.21. The summed E-state index contributed by atoms with van der Waals surface area (Å²) in [6.07, 6.45) is 0.00315. The van der Waals surface area contributed by atoms with E-state index in [0.29, 0.717) is 19.0 Å². The predicted molar refractivity (Wildman–Crippen MR) is 72.3 cm³/mol. The lowest BCUT2D eigenvalue weighted by atomic mass is 10.0. The maximum Gasteiger partial charge on any atom is 0.313 e. The first kappa shape index (κ1) is 15.2. The van der Waals surface area contributed by atoms with E-state index in [2.05, 4.69) is 0 Å². The third-order valence-corrected chi connectivity index (χ3v) is 2.55. The molecule has 0 atom stereocenters. The van der Waals surface area contributed by atoms with Crippen LogP contribution in [0.1, 0.15) is 31.4 Å². The molecule has 104 valence electrons. The molecule has 0 unspecified atom stereocenters. The van der Waals surface area contributed by atoms with Crippen molar-refractivity contribution in [1.29, 1.82) is 0 Å². The first-order valence-electron chi connectivity index (χ1n) is 6.46. The van der Waals surface area contributed by atoms with E-state index in [9.17, 15) is 9.59 Å². The summed E-state index contributed by atoms with van der Waals surface area (Å²) >= 11 is 0. The monoisotopic (exact) mass is 264 g/mol. The Labute approximate surface area is 113 Å². The zero-order chi connectivity index (χ0) is 14.3. The van der Waals surface area contributed by atoms with E-state index >= 15 is 0 Å². The highest BCUT2D eigenvalue weighted by Gasteiger charge is 2.14. The maximum absolute atomic E-state index is 11.8. The molecule has 0 aliphatic carbocycles. The van der Waals surface area contributed by atoms with Crippen molar-refractivity contribution in [2.24, 2.45) is 0 Å². The van der Waals surface area contributed by atoms with Crippen molar-refractivity contribution in [3.63, 3.8) is 0 Å². The quantitative estimate of drug-likeness (QED) is 0.560. The van der Waals surface area contributed by atoms with Gasteiger partial charge in [0.05, 0.1) is 13.2 Å². The molecule has 0 aliphatic rings. The summed E-state index contributed by atoms with van der Waals surface area (Å²) in [6.45, 7) is 6.40. The number of ketones is 1. The first-order chi connectivity index (χ1) is 9.06. The molecule has 0 heterocycles. The Bertz CT molecular complexity index is 451. The van der Waals surface area contributed by atoms with Gasteiger partial charge in [0.1, 0.15) is 18.0 Å². The molecular formula is C15H20O4. The molecule has 0 N–H and O–H groups in total. The summed E-state index contributed by atoms with van der Waals surface area (Å²) in [4.78, 5) is 23.1. The number of hydrogen-bond acceptors (Lipinski definition) is 4. The van der Waals surface area contributed by atoms with Crippen molar-refractivity contribution in [2.45, 2.75) is 33.6 Å². The van der Waals surface area contributed by atoms with Crippen LogP contribution in [0.15, 0.2) is 18.2 Å². The van der Waals surface area contributed by atoms with Gasteiger partial charge in [0.15, 0.2) is 0 Å². The fourth-order valence-electron chi connectivity index (χ4n) is 1.79. The molecule has 0 radical (unpaired) electrons. The minimum atomic E-state index is -0.474. The molecule has 0 bridgehead atoms. The number of rotatable bonds is 7. The van der Waals surface area contributed by atoms with Crippen LogP contribution in [0.3, 0.4) is 0 Å². The minimum absolute atomic E-state index is 0.162. The molecule has 0 aromatic heterocycles. The molecule has 0 spiro atoms. The third-order valence-electron chi connectivity index (χ3n) is 2.55. The van der Waals surface area contributed by atoms with Crippen LogP contribution in [-0.4, -0.2) is 25.0 Å². The van der Waals surface area contributed by atoms with Gasteiger partial charge in [-0.05, 0) is 26.8 Å². The van der Waals surface area contributed by atoms with Crippen molar-refractivity contribution >= 4 is 11.8 Å². The van der Waals surface area contributed by atoms with Crippen LogP contribution in [0, 0.1) is 6.92 Å². The first-order valence-corrected chi connectivity index (χ1v) is 6.46. The van der Waals surface area contributed by atoms with Crippen LogP contribution in [0.25, 0.3) is 0 Å². The van der Waals surface area contributed by atoms with Crippen LogP contribution < -0.4 is 4.74 Å². The molecule has 19 heavy (non-hydrogen) atoms. The van der Waals surface area contributed by atoms with Gasteiger partial charge in [-0.1, -0.05) is 17.7 Å². The summed E-state index contributed by atoms with van der Waals surface area (Å²) < 4.78 is 10.2. The highest BCUT2D eigenvalue weighted by atomic mass is 16.5. The van der Waals surface area contributed by atoms with Crippen molar-refractivity contribution < 1.29 is 19.1 Å². The molecular weight excluding hydrogens is 244 g/mol. The van der Waals surface area contributed by atoms with Crippen LogP contribution in [0.2, 0.25) is 0 Å². The number of aryl methyl sites for hydroxylation is 1. The fourth-order valence-corrected chi connectivity index (χ4v) is 1.79. The summed E-state index contributed by atoms with van der Waals surface area (Å²) in [5.41, 5.74) is 1.87. The largest absolute Gasteiger partial charge is 0.494 e. The predicted octanol–water partition coefficient (Wildman–Crippen LogP) is 2.46. The van der Waals surface area contributed by atoms with Gasteiger partial charge in [-0.25, -0.2) is 0 Å². The SMILES string of the molecule is CCOC(=O)CC(=O)Cc1cc(C)ccc1OCC. The Kier molecular flexibility index (Phi) is 6.06. The molecule has 1 aromatic carbocycles. The number of Topliss-reactive ketones (excluding diaryl/α,β-unsaturated/α-hetero) is 1. The van der Waals surface area contributed by atoms with Gasteiger partial charge in [-0.2, -0.15) is 0 Å². The molecule has 0 fully saturated rings. The maximum atomic E-state index is 11.8. The van der Waals surface area contributed by atoms with E-state index < -0.39 is 5.97 Å². The van der Waals surface area contributed by atoms with E-state index in [4.69, 9.17) is 9.47 Å². The lowest BCUT2D eigenvalue weighted by Gasteiger charge is -2.10. The van der Waals surface area contributed by atoms with Gasteiger partial charge in [-0.15, -0.1) is 0 Å². The number of ether oxygens (including phenoxy) is 2. The van der Waals surface area contributed by atoms with Crippen molar-refractivity contribution in [3.8, 4) is 5.75 Å². The molecule has 1 aromatic rings. The average molecular weight is 264 g/mol. The highest BCUT2D eigenvalue weighted by molar-refractivity contribution is 5.96. The van der Waals surface area contributed by atoms with Gasteiger partial charge in [0.25, 0.3) is 0 Å². The Balaban J connectivity index is 2.72. The molecule has 4 nitrogen and oxygen atoms in total. The van der Waals surface area contributed by atoms with E-state index in [1.807, 2.05) is 32.0 Å². The number of esters is 1. The van der Waals surface area contributed by atoms with Gasteiger partial charge in [-0.3, -0.25) is 9.59 Å². The second-order valence-electron chi connectivity index (χ2n) is 4.24. The number of carbonyl (C=O) groups is 2. The molecule has 0 saturated heterocycles. The van der Waals surface area contributed by atoms with Crippen LogP contribution in [-0.2, 0) is 20.7 Å². The van der Waals surface area contributed by atoms with Gasteiger partial charge in [0, 0.05) is 12.0 Å². The zero-order valence-electron chi connectivity index (χ0n) is 11.7. The van der Waals surface area contributed by atoms with Crippen molar-refractivity contribution in [3.05, 3.63) is 29.3 Å². The Hall–Kier alpha value is -1.84. The van der Waals surface area contributed by atoms with E-state index in [1.165, 1.54) is 0 Å². The Morgan fingerprint density at radius 3 is 2.53 bits per heavy atom. The lowest BCUT2D eigenvalue weighted by Crippen LogP contribution is -2.13. The number of benzene rings is 1. The standard InChI is InChI=1S/C15H20O4/c1-4-18-14-7-6-11(3)8-12(14)9-13(16)10-15(17)19-5-2/h6-8H,4-5,9-10H2,1-3H3. The van der Waals surface area contributed by atoms with Gasteiger partial charge in [0.2, 0.25) is 0 Å². The topological polar surface area (TPSA) is 52.6 Å². The van der Waals surface area contributed by atoms with E-state index in [0.717, 1.165) is 11.1 Å². The normalized spacial score (nSPS) is 10.1. The summed E-state index contributed by atoms with van der Waals surface area (Å²) in [5.74, 6) is 0.0634. The molecule has 0 saturated carbocycles. The number of hydrogen-bond donors (Lipinski definition) is 0. The molecule has 0 aliphatic heterocycles. The van der Waals surface area contributed by atoms with Crippen LogP contribution in [0.5, 0.6) is 5.75 Å². The second-order valence-corrected chi connectivity index (χ2v) is 4.24. The zero-order valence-corrected chi connectivity index (χ0v) is 11.7. The molecule has 1 rings (SSSR count).